The minimum atomic E-state index is -0.930. The minimum Gasteiger partial charge on any atom is -0.451 e. The zero-order valence-corrected chi connectivity index (χ0v) is 12.5. The van der Waals surface area contributed by atoms with E-state index in [1.807, 2.05) is 0 Å². The van der Waals surface area contributed by atoms with Crippen molar-refractivity contribution in [2.75, 3.05) is 19.8 Å². The summed E-state index contributed by atoms with van der Waals surface area (Å²) in [6.45, 7) is 1.13. The molecule has 1 saturated heterocycles. The molecule has 122 valence electrons. The second kappa shape index (κ2) is 6.52. The van der Waals surface area contributed by atoms with Crippen molar-refractivity contribution < 1.29 is 23.4 Å². The van der Waals surface area contributed by atoms with Crippen LogP contribution in [0.5, 0.6) is 0 Å². The van der Waals surface area contributed by atoms with Gasteiger partial charge < -0.3 is 19.6 Å². The van der Waals surface area contributed by atoms with Gasteiger partial charge in [0.1, 0.15) is 11.6 Å². The Balaban J connectivity index is 1.63. The van der Waals surface area contributed by atoms with E-state index < -0.39 is 11.5 Å². The Labute approximate surface area is 133 Å². The molecule has 2 N–H and O–H groups in total. The number of nitrogens with one attached hydrogen (secondary N) is 1. The van der Waals surface area contributed by atoms with Crippen molar-refractivity contribution in [3.8, 4) is 11.3 Å². The molecule has 0 radical (unpaired) electrons. The molecule has 0 unspecified atom stereocenters. The fraction of sp³-hybridized carbons (Fsp3) is 0.353. The monoisotopic (exact) mass is 319 g/mol. The fourth-order valence-corrected chi connectivity index (χ4v) is 2.49. The topological polar surface area (TPSA) is 71.7 Å². The number of benzene rings is 1. The lowest BCUT2D eigenvalue weighted by atomic mass is 9.94. The van der Waals surface area contributed by atoms with Gasteiger partial charge in [0.25, 0.3) is 5.91 Å². The maximum Gasteiger partial charge on any atom is 0.287 e. The summed E-state index contributed by atoms with van der Waals surface area (Å²) in [5.74, 6) is -0.0823. The van der Waals surface area contributed by atoms with Gasteiger partial charge in [-0.15, -0.1) is 0 Å². The number of carbonyl (C=O) groups excluding carboxylic acids is 1. The van der Waals surface area contributed by atoms with Gasteiger partial charge in [0.05, 0.1) is 5.60 Å². The molecule has 3 rings (SSSR count). The van der Waals surface area contributed by atoms with Crippen LogP contribution in [-0.4, -0.2) is 36.4 Å². The Morgan fingerprint density at radius 1 is 1.17 bits per heavy atom. The van der Waals surface area contributed by atoms with Gasteiger partial charge in [-0.05, 0) is 36.4 Å². The number of hydrogen-bond acceptors (Lipinski definition) is 4. The average molecular weight is 319 g/mol. The Hall–Kier alpha value is -2.18. The Bertz CT molecular complexity index is 674. The predicted octanol–water partition coefficient (Wildman–Crippen LogP) is 2.36. The van der Waals surface area contributed by atoms with Crippen molar-refractivity contribution in [3.63, 3.8) is 0 Å². The SMILES string of the molecule is O=C(NCC1(O)CCOCC1)c1ccc(-c2ccc(F)cc2)o1. The molecule has 1 aliphatic heterocycles. The van der Waals surface area contributed by atoms with Gasteiger partial charge in [0, 0.05) is 38.2 Å². The Kier molecular flexibility index (Phi) is 4.45. The minimum absolute atomic E-state index is 0.153. The number of aliphatic hydroxyl groups is 1. The van der Waals surface area contributed by atoms with Gasteiger partial charge in [0.15, 0.2) is 5.76 Å². The van der Waals surface area contributed by atoms with E-state index >= 15 is 0 Å². The van der Waals surface area contributed by atoms with E-state index in [0.717, 1.165) is 0 Å². The van der Waals surface area contributed by atoms with Crippen LogP contribution in [0.15, 0.2) is 40.8 Å². The average Bonchev–Trinajstić information content (AvgIpc) is 3.04. The first kappa shape index (κ1) is 15.7. The van der Waals surface area contributed by atoms with Crippen LogP contribution >= 0.6 is 0 Å². The van der Waals surface area contributed by atoms with Crippen molar-refractivity contribution in [1.29, 1.82) is 0 Å². The van der Waals surface area contributed by atoms with Gasteiger partial charge in [-0.3, -0.25) is 4.79 Å². The van der Waals surface area contributed by atoms with Crippen molar-refractivity contribution in [2.45, 2.75) is 18.4 Å². The molecule has 0 saturated carbocycles. The first-order valence-electron chi connectivity index (χ1n) is 7.50. The maximum absolute atomic E-state index is 12.9. The highest BCUT2D eigenvalue weighted by atomic mass is 19.1. The summed E-state index contributed by atoms with van der Waals surface area (Å²) in [6.07, 6.45) is 0.985. The molecule has 5 nitrogen and oxygen atoms in total. The second-order valence-corrected chi connectivity index (χ2v) is 5.69. The molecule has 23 heavy (non-hydrogen) atoms. The number of carbonyl (C=O) groups is 1. The maximum atomic E-state index is 12.9. The van der Waals surface area contributed by atoms with Crippen LogP contribution in [0.25, 0.3) is 11.3 Å². The van der Waals surface area contributed by atoms with Crippen LogP contribution in [0.2, 0.25) is 0 Å². The van der Waals surface area contributed by atoms with Gasteiger partial charge in [-0.1, -0.05) is 0 Å². The molecular weight excluding hydrogens is 301 g/mol. The summed E-state index contributed by atoms with van der Waals surface area (Å²) in [6, 6.07) is 9.05. The third-order valence-corrected chi connectivity index (χ3v) is 3.96. The molecule has 2 aromatic rings. The van der Waals surface area contributed by atoms with Crippen molar-refractivity contribution in [3.05, 3.63) is 48.0 Å². The van der Waals surface area contributed by atoms with Crippen molar-refractivity contribution in [1.82, 2.24) is 5.32 Å². The molecule has 6 heteroatoms. The van der Waals surface area contributed by atoms with Crippen molar-refractivity contribution >= 4 is 5.91 Å². The largest absolute Gasteiger partial charge is 0.451 e. The third-order valence-electron chi connectivity index (χ3n) is 3.96. The molecule has 1 aromatic heterocycles. The van der Waals surface area contributed by atoms with E-state index in [0.29, 0.717) is 37.4 Å². The summed E-state index contributed by atoms with van der Waals surface area (Å²) in [4.78, 5) is 12.1. The number of ether oxygens (including phenoxy) is 1. The lowest BCUT2D eigenvalue weighted by Gasteiger charge is -2.31. The number of amides is 1. The molecule has 0 bridgehead atoms. The predicted molar refractivity (Wildman–Crippen MR) is 81.4 cm³/mol. The summed E-state index contributed by atoms with van der Waals surface area (Å²) < 4.78 is 23.6. The summed E-state index contributed by atoms with van der Waals surface area (Å²) in [5.41, 5.74) is -0.242. The molecule has 2 heterocycles. The van der Waals surface area contributed by atoms with E-state index in [9.17, 15) is 14.3 Å². The van der Waals surface area contributed by atoms with Crippen LogP contribution < -0.4 is 5.32 Å². The number of halogens is 1. The van der Waals surface area contributed by atoms with Crippen LogP contribution in [0.3, 0.4) is 0 Å². The molecule has 1 aliphatic rings. The highest BCUT2D eigenvalue weighted by molar-refractivity contribution is 5.92. The van der Waals surface area contributed by atoms with E-state index in [2.05, 4.69) is 5.32 Å². The van der Waals surface area contributed by atoms with Gasteiger partial charge in [0.2, 0.25) is 0 Å². The van der Waals surface area contributed by atoms with Gasteiger partial charge in [-0.25, -0.2) is 4.39 Å². The Morgan fingerprint density at radius 3 is 2.57 bits per heavy atom. The highest BCUT2D eigenvalue weighted by Crippen LogP contribution is 2.23. The van der Waals surface area contributed by atoms with Gasteiger partial charge in [-0.2, -0.15) is 0 Å². The third kappa shape index (κ3) is 3.78. The number of furan rings is 1. The Morgan fingerprint density at radius 2 is 1.87 bits per heavy atom. The first-order chi connectivity index (χ1) is 11.1. The summed E-state index contributed by atoms with van der Waals surface area (Å²) in [7, 11) is 0. The molecule has 1 aromatic carbocycles. The summed E-state index contributed by atoms with van der Waals surface area (Å²) >= 11 is 0. The summed E-state index contributed by atoms with van der Waals surface area (Å²) in [5, 5.41) is 13.0. The van der Waals surface area contributed by atoms with E-state index in [4.69, 9.17) is 9.15 Å². The lowest BCUT2D eigenvalue weighted by molar-refractivity contribution is -0.0605. The van der Waals surface area contributed by atoms with Crippen LogP contribution in [0.4, 0.5) is 4.39 Å². The second-order valence-electron chi connectivity index (χ2n) is 5.69. The van der Waals surface area contributed by atoms with E-state index in [1.54, 1.807) is 24.3 Å². The number of hydrogen-bond donors (Lipinski definition) is 2. The molecular formula is C17H18FNO4. The van der Waals surface area contributed by atoms with Gasteiger partial charge >= 0.3 is 0 Å². The van der Waals surface area contributed by atoms with Crippen LogP contribution in [0.1, 0.15) is 23.4 Å². The highest BCUT2D eigenvalue weighted by Gasteiger charge is 2.30. The zero-order valence-electron chi connectivity index (χ0n) is 12.5. The lowest BCUT2D eigenvalue weighted by Crippen LogP contribution is -2.46. The van der Waals surface area contributed by atoms with Crippen molar-refractivity contribution in [2.24, 2.45) is 0 Å². The smallest absolute Gasteiger partial charge is 0.287 e. The first-order valence-corrected chi connectivity index (χ1v) is 7.50. The van der Waals surface area contributed by atoms with E-state index in [1.165, 1.54) is 12.1 Å². The molecule has 1 amide bonds. The zero-order chi connectivity index (χ0) is 16.3. The van der Waals surface area contributed by atoms with E-state index in [-0.39, 0.29) is 18.1 Å². The molecule has 0 aliphatic carbocycles. The van der Waals surface area contributed by atoms with Crippen LogP contribution in [0, 0.1) is 5.82 Å². The molecule has 1 fully saturated rings. The quantitative estimate of drug-likeness (QED) is 0.907. The number of rotatable bonds is 4. The van der Waals surface area contributed by atoms with Crippen LogP contribution in [-0.2, 0) is 4.74 Å². The normalized spacial score (nSPS) is 17.0. The molecule has 0 spiro atoms. The standard InChI is InChI=1S/C17H18FNO4/c18-13-3-1-12(2-4-13)14-5-6-15(23-14)16(20)19-11-17(21)7-9-22-10-8-17/h1-6,21H,7-11H2,(H,19,20). The fourth-order valence-electron chi connectivity index (χ4n) is 2.49. The molecule has 0 atom stereocenters.